The van der Waals surface area contributed by atoms with Crippen molar-refractivity contribution in [2.45, 2.75) is 57.0 Å². The van der Waals surface area contributed by atoms with Gasteiger partial charge in [0, 0.05) is 34.1 Å². The Labute approximate surface area is 186 Å². The second-order valence-corrected chi connectivity index (χ2v) is 8.68. The van der Waals surface area contributed by atoms with Gasteiger partial charge in [-0.15, -0.1) is 0 Å². The summed E-state index contributed by atoms with van der Waals surface area (Å²) in [7, 11) is 0. The molecule has 7 heteroatoms. The van der Waals surface area contributed by atoms with E-state index in [0.29, 0.717) is 17.4 Å². The average molecular weight is 420 g/mol. The lowest BCUT2D eigenvalue weighted by molar-refractivity contribution is 0.143. The summed E-state index contributed by atoms with van der Waals surface area (Å²) in [5, 5.41) is 11.2. The molecule has 3 N–H and O–H groups in total. The molecule has 1 saturated carbocycles. The van der Waals surface area contributed by atoms with Gasteiger partial charge in [0.2, 0.25) is 5.95 Å². The fourth-order valence-electron chi connectivity index (χ4n) is 4.43. The number of fused-ring (bicyclic) bond motifs is 1. The van der Waals surface area contributed by atoms with Crippen LogP contribution in [0.2, 0.25) is 0 Å². The maximum absolute atomic E-state index is 10.2. The summed E-state index contributed by atoms with van der Waals surface area (Å²) in [5.41, 5.74) is 6.15. The van der Waals surface area contributed by atoms with Gasteiger partial charge in [-0.05, 0) is 82.1 Å². The summed E-state index contributed by atoms with van der Waals surface area (Å²) in [6.45, 7) is 0.766. The molecular weight excluding hydrogens is 388 g/mol. The molecule has 0 aromatic carbocycles. The van der Waals surface area contributed by atoms with Gasteiger partial charge < -0.3 is 20.3 Å². The molecule has 1 aliphatic carbocycles. The Hall–Kier alpha value is -2.95. The SMILES string of the molecule is [2H]C([2H])([2H])C(C)(O)C#Cc1cc2c(cn1)c(C1CCN(C3CC3)CC1)cn2-c1ccnc(N)n1. The van der Waals surface area contributed by atoms with Crippen LogP contribution >= 0.6 is 0 Å². The van der Waals surface area contributed by atoms with Gasteiger partial charge in [-0.25, -0.2) is 9.97 Å². The van der Waals surface area contributed by atoms with Crippen molar-refractivity contribution in [2.24, 2.45) is 0 Å². The molecule has 4 heterocycles. The molecule has 0 bridgehead atoms. The van der Waals surface area contributed by atoms with Gasteiger partial charge in [0.05, 0.1) is 5.52 Å². The van der Waals surface area contributed by atoms with Crippen LogP contribution in [0.5, 0.6) is 0 Å². The van der Waals surface area contributed by atoms with Crippen molar-refractivity contribution in [1.29, 1.82) is 0 Å². The number of hydrogen-bond acceptors (Lipinski definition) is 6. The van der Waals surface area contributed by atoms with Crippen molar-refractivity contribution in [2.75, 3.05) is 18.8 Å². The van der Waals surface area contributed by atoms with Crippen LogP contribution in [0.15, 0.2) is 30.7 Å². The molecule has 2 aliphatic rings. The zero-order chi connectivity index (χ0) is 24.1. The molecule has 1 aliphatic heterocycles. The number of nitrogens with zero attached hydrogens (tertiary/aromatic N) is 5. The molecule has 160 valence electrons. The highest BCUT2D eigenvalue weighted by molar-refractivity contribution is 5.86. The predicted octanol–water partition coefficient (Wildman–Crippen LogP) is 2.86. The number of anilines is 1. The van der Waals surface area contributed by atoms with Crippen LogP contribution in [0.1, 0.15) is 60.7 Å². The van der Waals surface area contributed by atoms with E-state index in [1.54, 1.807) is 24.5 Å². The first-order valence-corrected chi connectivity index (χ1v) is 10.7. The van der Waals surface area contributed by atoms with Crippen LogP contribution in [0.4, 0.5) is 5.95 Å². The Bertz CT molecular complexity index is 1280. The Morgan fingerprint density at radius 2 is 2.06 bits per heavy atom. The number of nitrogens with two attached hydrogens (primary N) is 1. The Morgan fingerprint density at radius 3 is 2.77 bits per heavy atom. The maximum atomic E-state index is 10.2. The van der Waals surface area contributed by atoms with E-state index in [4.69, 9.17) is 9.85 Å². The normalized spacial score (nSPS) is 21.5. The minimum Gasteiger partial charge on any atom is -0.378 e. The van der Waals surface area contributed by atoms with Gasteiger partial charge in [-0.3, -0.25) is 0 Å². The van der Waals surface area contributed by atoms with Crippen molar-refractivity contribution < 1.29 is 9.22 Å². The third kappa shape index (κ3) is 4.27. The Balaban J connectivity index is 1.55. The zero-order valence-electron chi connectivity index (χ0n) is 20.5. The fourth-order valence-corrected chi connectivity index (χ4v) is 4.43. The second kappa shape index (κ2) is 7.63. The Morgan fingerprint density at radius 1 is 1.26 bits per heavy atom. The molecule has 2 fully saturated rings. The molecular formula is C24H28N6O. The topological polar surface area (TPSA) is 93.1 Å². The summed E-state index contributed by atoms with van der Waals surface area (Å²) in [6, 6.07) is 4.38. The standard InChI is InChI=1S/C24H28N6O/c1-24(2,31)9-5-17-13-21-19(14-27-17)20(15-30(21)22-6-10-26-23(25)28-22)16-7-11-29(12-8-16)18-3-4-18/h6,10,13-16,18,31H,3-4,7-8,11-12H2,1-2H3,(H2,25,26,28)/i1D3. The van der Waals surface area contributed by atoms with Gasteiger partial charge in [0.25, 0.3) is 0 Å². The highest BCUT2D eigenvalue weighted by atomic mass is 16.3. The second-order valence-electron chi connectivity index (χ2n) is 8.68. The van der Waals surface area contributed by atoms with E-state index in [1.165, 1.54) is 25.3 Å². The van der Waals surface area contributed by atoms with E-state index in [1.807, 2.05) is 4.57 Å². The van der Waals surface area contributed by atoms with Crippen molar-refractivity contribution in [1.82, 2.24) is 24.4 Å². The summed E-state index contributed by atoms with van der Waals surface area (Å²) < 4.78 is 24.4. The maximum Gasteiger partial charge on any atom is 0.221 e. The quantitative estimate of drug-likeness (QED) is 0.634. The van der Waals surface area contributed by atoms with E-state index in [2.05, 4.69) is 37.9 Å². The minimum absolute atomic E-state index is 0.182. The van der Waals surface area contributed by atoms with Crippen LogP contribution in [-0.4, -0.2) is 54.3 Å². The van der Waals surface area contributed by atoms with Crippen LogP contribution in [0.25, 0.3) is 16.7 Å². The monoisotopic (exact) mass is 419 g/mol. The molecule has 31 heavy (non-hydrogen) atoms. The zero-order valence-corrected chi connectivity index (χ0v) is 17.5. The lowest BCUT2D eigenvalue weighted by atomic mass is 9.89. The lowest BCUT2D eigenvalue weighted by Gasteiger charge is -2.31. The highest BCUT2D eigenvalue weighted by Gasteiger charge is 2.33. The van der Waals surface area contributed by atoms with Gasteiger partial charge in [-0.1, -0.05) is 5.92 Å². The number of aliphatic hydroxyl groups is 1. The minimum atomic E-state index is -2.62. The third-order valence-electron chi connectivity index (χ3n) is 6.09. The van der Waals surface area contributed by atoms with Crippen LogP contribution in [0.3, 0.4) is 0 Å². The molecule has 3 aromatic heterocycles. The molecule has 0 spiro atoms. The molecule has 1 saturated heterocycles. The smallest absolute Gasteiger partial charge is 0.221 e. The van der Waals surface area contributed by atoms with E-state index in [9.17, 15) is 5.11 Å². The first kappa shape index (κ1) is 16.7. The van der Waals surface area contributed by atoms with E-state index in [-0.39, 0.29) is 5.95 Å². The summed E-state index contributed by atoms with van der Waals surface area (Å²) >= 11 is 0. The molecule has 3 aromatic rings. The summed E-state index contributed by atoms with van der Waals surface area (Å²) in [4.78, 5) is 15.5. The predicted molar refractivity (Wildman–Crippen MR) is 121 cm³/mol. The van der Waals surface area contributed by atoms with Crippen LogP contribution in [-0.2, 0) is 0 Å². The summed E-state index contributed by atoms with van der Waals surface area (Å²) in [6.07, 6.45) is 10.3. The van der Waals surface area contributed by atoms with Crippen molar-refractivity contribution in [3.05, 3.63) is 42.0 Å². The molecule has 1 atom stereocenters. The first-order valence-electron chi connectivity index (χ1n) is 12.2. The number of aromatic nitrogens is 4. The van der Waals surface area contributed by atoms with Gasteiger partial charge in [0.1, 0.15) is 17.1 Å². The number of likely N-dealkylation sites (tertiary alicyclic amines) is 1. The largest absolute Gasteiger partial charge is 0.378 e. The molecule has 7 nitrogen and oxygen atoms in total. The summed E-state index contributed by atoms with van der Waals surface area (Å²) in [5.74, 6) is 6.43. The van der Waals surface area contributed by atoms with E-state index in [0.717, 1.165) is 42.9 Å². The van der Waals surface area contributed by atoms with Crippen molar-refractivity contribution >= 4 is 16.9 Å². The molecule has 0 amide bonds. The number of nitrogen functional groups attached to an aromatic ring is 1. The van der Waals surface area contributed by atoms with Crippen LogP contribution < -0.4 is 5.73 Å². The number of piperidine rings is 1. The van der Waals surface area contributed by atoms with Gasteiger partial charge in [-0.2, -0.15) is 4.98 Å². The third-order valence-corrected chi connectivity index (χ3v) is 6.09. The lowest BCUT2D eigenvalue weighted by Crippen LogP contribution is -2.34. The molecule has 5 rings (SSSR count). The number of hydrogen-bond donors (Lipinski definition) is 2. The van der Waals surface area contributed by atoms with Gasteiger partial charge >= 0.3 is 0 Å². The molecule has 1 unspecified atom stereocenters. The van der Waals surface area contributed by atoms with Crippen molar-refractivity contribution in [3.8, 4) is 17.7 Å². The van der Waals surface area contributed by atoms with E-state index >= 15 is 0 Å². The molecule has 0 radical (unpaired) electrons. The van der Waals surface area contributed by atoms with Crippen molar-refractivity contribution in [3.63, 3.8) is 0 Å². The fraction of sp³-hybridized carbons (Fsp3) is 0.458. The average Bonchev–Trinajstić information content (AvgIpc) is 3.58. The van der Waals surface area contributed by atoms with Gasteiger partial charge in [0.15, 0.2) is 0 Å². The van der Waals surface area contributed by atoms with E-state index < -0.39 is 12.5 Å². The number of rotatable bonds is 3. The highest BCUT2D eigenvalue weighted by Crippen LogP contribution is 2.38. The van der Waals surface area contributed by atoms with Crippen LogP contribution in [0, 0.1) is 11.8 Å². The number of pyridine rings is 1. The first-order chi connectivity index (χ1) is 16.1. The Kier molecular flexibility index (Phi) is 4.11.